The summed E-state index contributed by atoms with van der Waals surface area (Å²) in [7, 11) is -3.76. The molecule has 2 aromatic rings. The van der Waals surface area contributed by atoms with Gasteiger partial charge in [-0.3, -0.25) is 4.72 Å². The van der Waals surface area contributed by atoms with Crippen LogP contribution in [0, 0.1) is 5.82 Å². The highest BCUT2D eigenvalue weighted by molar-refractivity contribution is 9.11. The van der Waals surface area contributed by atoms with Gasteiger partial charge in [-0.05, 0) is 46.3 Å². The monoisotopic (exact) mass is 394 g/mol. The van der Waals surface area contributed by atoms with Crippen molar-refractivity contribution < 1.29 is 12.8 Å². The van der Waals surface area contributed by atoms with Gasteiger partial charge in [0, 0.05) is 5.56 Å². The smallest absolute Gasteiger partial charge is 0.271 e. The van der Waals surface area contributed by atoms with Gasteiger partial charge >= 0.3 is 0 Å². The van der Waals surface area contributed by atoms with E-state index >= 15 is 0 Å². The molecule has 0 unspecified atom stereocenters. The lowest BCUT2D eigenvalue weighted by atomic mass is 10.2. The Kier molecular flexibility index (Phi) is 4.43. The summed E-state index contributed by atoms with van der Waals surface area (Å²) in [5.41, 5.74) is 5.75. The molecule has 0 saturated carbocycles. The zero-order valence-corrected chi connectivity index (χ0v) is 13.8. The van der Waals surface area contributed by atoms with Crippen LogP contribution in [-0.2, 0) is 10.0 Å². The largest absolute Gasteiger partial charge is 0.389 e. The van der Waals surface area contributed by atoms with Crippen LogP contribution in [0.25, 0.3) is 0 Å². The van der Waals surface area contributed by atoms with Crippen LogP contribution in [0.4, 0.5) is 10.1 Å². The number of hydrogen-bond donors (Lipinski definition) is 2. The molecule has 0 aliphatic rings. The highest BCUT2D eigenvalue weighted by atomic mass is 79.9. The fourth-order valence-electron chi connectivity index (χ4n) is 1.45. The Morgan fingerprint density at radius 1 is 1.35 bits per heavy atom. The van der Waals surface area contributed by atoms with Crippen molar-refractivity contribution in [3.05, 3.63) is 45.5 Å². The number of thiophene rings is 1. The van der Waals surface area contributed by atoms with Crippen LogP contribution in [0.2, 0.25) is 0 Å². The highest BCUT2D eigenvalue weighted by Gasteiger charge is 2.19. The minimum Gasteiger partial charge on any atom is -0.389 e. The van der Waals surface area contributed by atoms with Crippen LogP contribution in [0.5, 0.6) is 0 Å². The Morgan fingerprint density at radius 3 is 2.60 bits per heavy atom. The van der Waals surface area contributed by atoms with Gasteiger partial charge in [-0.15, -0.1) is 11.3 Å². The van der Waals surface area contributed by atoms with Crippen molar-refractivity contribution in [3.8, 4) is 0 Å². The molecule has 20 heavy (non-hydrogen) atoms. The molecule has 0 radical (unpaired) electrons. The molecular weight excluding hydrogens is 387 g/mol. The first kappa shape index (κ1) is 15.4. The lowest BCUT2D eigenvalue weighted by Gasteiger charge is -2.10. The highest BCUT2D eigenvalue weighted by Crippen LogP contribution is 2.28. The minimum atomic E-state index is -3.76. The maximum Gasteiger partial charge on any atom is 0.271 e. The van der Waals surface area contributed by atoms with E-state index in [1.54, 1.807) is 6.07 Å². The summed E-state index contributed by atoms with van der Waals surface area (Å²) in [5.74, 6) is -0.547. The van der Waals surface area contributed by atoms with Gasteiger partial charge < -0.3 is 5.73 Å². The molecule has 0 bridgehead atoms. The fourth-order valence-corrected chi connectivity index (χ4v) is 4.70. The molecular formula is C11H8BrFN2O2S3. The topological polar surface area (TPSA) is 72.2 Å². The molecule has 0 atom stereocenters. The Bertz CT molecular complexity index is 774. The molecule has 9 heteroatoms. The van der Waals surface area contributed by atoms with Crippen LogP contribution >= 0.6 is 39.5 Å². The van der Waals surface area contributed by atoms with Gasteiger partial charge in [-0.25, -0.2) is 12.8 Å². The van der Waals surface area contributed by atoms with Gasteiger partial charge in [-0.2, -0.15) is 0 Å². The Labute approximate surface area is 133 Å². The van der Waals surface area contributed by atoms with E-state index in [0.717, 1.165) is 23.5 Å². The number of rotatable bonds is 4. The first-order valence-corrected chi connectivity index (χ1v) is 8.67. The van der Waals surface area contributed by atoms with Crippen molar-refractivity contribution >= 4 is 60.2 Å². The molecule has 3 N–H and O–H groups in total. The third kappa shape index (κ3) is 3.35. The van der Waals surface area contributed by atoms with Crippen molar-refractivity contribution in [1.82, 2.24) is 0 Å². The van der Waals surface area contributed by atoms with Gasteiger partial charge in [-0.1, -0.05) is 12.2 Å². The number of benzene rings is 1. The van der Waals surface area contributed by atoms with E-state index in [1.807, 2.05) is 0 Å². The first-order chi connectivity index (χ1) is 9.29. The fraction of sp³-hybridized carbons (Fsp3) is 0. The van der Waals surface area contributed by atoms with E-state index < -0.39 is 15.8 Å². The quantitative estimate of drug-likeness (QED) is 0.781. The van der Waals surface area contributed by atoms with E-state index in [0.29, 0.717) is 3.79 Å². The zero-order chi connectivity index (χ0) is 14.9. The molecule has 0 aliphatic heterocycles. The summed E-state index contributed by atoms with van der Waals surface area (Å²) in [6, 6.07) is 6.58. The average molecular weight is 395 g/mol. The van der Waals surface area contributed by atoms with Crippen molar-refractivity contribution in [2.24, 2.45) is 5.73 Å². The van der Waals surface area contributed by atoms with Crippen LogP contribution in [0.3, 0.4) is 0 Å². The number of hydrogen-bond acceptors (Lipinski definition) is 4. The van der Waals surface area contributed by atoms with E-state index in [2.05, 4.69) is 20.7 Å². The molecule has 0 saturated heterocycles. The summed E-state index contributed by atoms with van der Waals surface area (Å²) < 4.78 is 40.7. The third-order valence-corrected chi connectivity index (χ3v) is 6.01. The Balaban J connectivity index is 2.42. The SMILES string of the molecule is NC(=S)c1cc(F)ccc1NS(=O)(=O)c1ccc(Br)s1. The predicted octanol–water partition coefficient (Wildman–Crippen LogP) is 3.08. The second kappa shape index (κ2) is 5.76. The van der Waals surface area contributed by atoms with E-state index in [-0.39, 0.29) is 20.4 Å². The van der Waals surface area contributed by atoms with Gasteiger partial charge in [0.1, 0.15) is 15.0 Å². The lowest BCUT2D eigenvalue weighted by molar-refractivity contribution is 0.603. The maximum absolute atomic E-state index is 13.2. The molecule has 2 rings (SSSR count). The summed E-state index contributed by atoms with van der Waals surface area (Å²) in [6.45, 7) is 0. The number of sulfonamides is 1. The van der Waals surface area contributed by atoms with Gasteiger partial charge in [0.25, 0.3) is 10.0 Å². The summed E-state index contributed by atoms with van der Waals surface area (Å²) in [5, 5.41) is 0. The molecule has 0 spiro atoms. The number of nitrogens with one attached hydrogen (secondary N) is 1. The van der Waals surface area contributed by atoms with Crippen molar-refractivity contribution in [3.63, 3.8) is 0 Å². The summed E-state index contributed by atoms with van der Waals surface area (Å²) in [6.07, 6.45) is 0. The molecule has 106 valence electrons. The predicted molar refractivity (Wildman–Crippen MR) is 85.1 cm³/mol. The first-order valence-electron chi connectivity index (χ1n) is 5.17. The van der Waals surface area contributed by atoms with Crippen molar-refractivity contribution in [2.75, 3.05) is 4.72 Å². The van der Waals surface area contributed by atoms with Gasteiger partial charge in [0.05, 0.1) is 9.47 Å². The molecule has 0 fully saturated rings. The van der Waals surface area contributed by atoms with Crippen LogP contribution < -0.4 is 10.5 Å². The van der Waals surface area contributed by atoms with E-state index in [4.69, 9.17) is 18.0 Å². The standard InChI is InChI=1S/C11H8BrFN2O2S3/c12-9-3-4-10(19-9)20(16,17)15-8-2-1-6(13)5-7(8)11(14)18/h1-5,15H,(H2,14,18). The maximum atomic E-state index is 13.2. The van der Waals surface area contributed by atoms with E-state index in [9.17, 15) is 12.8 Å². The van der Waals surface area contributed by atoms with E-state index in [1.165, 1.54) is 12.1 Å². The molecule has 4 nitrogen and oxygen atoms in total. The normalized spacial score (nSPS) is 11.3. The van der Waals surface area contributed by atoms with Crippen LogP contribution in [-0.4, -0.2) is 13.4 Å². The summed E-state index contributed by atoms with van der Waals surface area (Å²) >= 11 is 9.04. The van der Waals surface area contributed by atoms with Crippen molar-refractivity contribution in [2.45, 2.75) is 4.21 Å². The second-order valence-corrected chi connectivity index (χ2v) is 8.53. The molecule has 1 aromatic heterocycles. The second-order valence-electron chi connectivity index (χ2n) is 3.72. The Morgan fingerprint density at radius 2 is 2.05 bits per heavy atom. The number of thiocarbonyl (C=S) groups is 1. The average Bonchev–Trinajstić information content (AvgIpc) is 2.78. The minimum absolute atomic E-state index is 0.0884. The third-order valence-electron chi connectivity index (χ3n) is 2.30. The number of anilines is 1. The van der Waals surface area contributed by atoms with Crippen LogP contribution in [0.15, 0.2) is 38.3 Å². The molecule has 0 amide bonds. The molecule has 0 aliphatic carbocycles. The zero-order valence-electron chi connectivity index (χ0n) is 9.76. The molecule has 1 aromatic carbocycles. The number of nitrogens with two attached hydrogens (primary N) is 1. The van der Waals surface area contributed by atoms with Crippen molar-refractivity contribution in [1.29, 1.82) is 0 Å². The van der Waals surface area contributed by atoms with Gasteiger partial charge in [0.2, 0.25) is 0 Å². The van der Waals surface area contributed by atoms with Gasteiger partial charge in [0.15, 0.2) is 0 Å². The summed E-state index contributed by atoms with van der Waals surface area (Å²) in [4.78, 5) is -0.0884. The Hall–Kier alpha value is -1.03. The molecule has 1 heterocycles. The number of halogens is 2. The van der Waals surface area contributed by atoms with Crippen LogP contribution in [0.1, 0.15) is 5.56 Å². The lowest BCUT2D eigenvalue weighted by Crippen LogP contribution is -2.17.